The Morgan fingerprint density at radius 1 is 0.955 bits per heavy atom. The minimum absolute atomic E-state index is 0.0304. The molecule has 0 radical (unpaired) electrons. The van der Waals surface area contributed by atoms with E-state index in [1.807, 2.05) is 0 Å². The molecule has 0 bridgehead atoms. The van der Waals surface area contributed by atoms with Crippen LogP contribution < -0.4 is 0 Å². The van der Waals surface area contributed by atoms with Crippen molar-refractivity contribution in [1.29, 1.82) is 0 Å². The smallest absolute Gasteiger partial charge is 0.261 e. The third-order valence-electron chi connectivity index (χ3n) is 2.87. The highest BCUT2D eigenvalue weighted by Crippen LogP contribution is 2.22. The number of halogens is 4. The van der Waals surface area contributed by atoms with Crippen molar-refractivity contribution in [3.05, 3.63) is 64.7 Å². The molecule has 118 valence electrons. The standard InChI is InChI=1S/C14H10F4O3S/c1-8-2-4-9(5-3-8)22(19,20)21-7-10-13(17)11(15)6-12(16)14(10)18/h2-6H,7H2,1H3. The Labute approximate surface area is 124 Å². The first kappa shape index (κ1) is 16.4. The minimum atomic E-state index is -4.31. The fraction of sp³-hybridized carbons (Fsp3) is 0.143. The van der Waals surface area contributed by atoms with E-state index in [2.05, 4.69) is 4.18 Å². The Kier molecular flexibility index (Phi) is 4.52. The largest absolute Gasteiger partial charge is 0.297 e. The molecule has 0 fully saturated rings. The summed E-state index contributed by atoms with van der Waals surface area (Å²) in [5.41, 5.74) is -0.337. The van der Waals surface area contributed by atoms with Crippen molar-refractivity contribution >= 4 is 10.1 Å². The Hall–Kier alpha value is -1.93. The van der Waals surface area contributed by atoms with Crippen LogP contribution in [0.3, 0.4) is 0 Å². The zero-order chi connectivity index (χ0) is 16.5. The van der Waals surface area contributed by atoms with Crippen LogP contribution in [-0.2, 0) is 20.9 Å². The molecule has 0 saturated carbocycles. The average molecular weight is 334 g/mol. The second kappa shape index (κ2) is 6.05. The normalized spacial score (nSPS) is 11.7. The highest BCUT2D eigenvalue weighted by molar-refractivity contribution is 7.86. The second-order valence-corrected chi connectivity index (χ2v) is 6.09. The van der Waals surface area contributed by atoms with Crippen molar-refractivity contribution in [2.75, 3.05) is 0 Å². The summed E-state index contributed by atoms with van der Waals surface area (Å²) in [6.45, 7) is 0.570. The molecule has 0 N–H and O–H groups in total. The van der Waals surface area contributed by atoms with Crippen LogP contribution in [0.2, 0.25) is 0 Å². The molecule has 22 heavy (non-hydrogen) atoms. The number of aryl methyl sites for hydroxylation is 1. The van der Waals surface area contributed by atoms with Gasteiger partial charge < -0.3 is 0 Å². The van der Waals surface area contributed by atoms with Gasteiger partial charge in [-0.15, -0.1) is 0 Å². The zero-order valence-corrected chi connectivity index (χ0v) is 12.1. The quantitative estimate of drug-likeness (QED) is 0.489. The van der Waals surface area contributed by atoms with Gasteiger partial charge in [-0.2, -0.15) is 8.42 Å². The lowest BCUT2D eigenvalue weighted by Gasteiger charge is -2.09. The van der Waals surface area contributed by atoms with Gasteiger partial charge in [0.2, 0.25) is 0 Å². The molecule has 0 spiro atoms. The van der Waals surface area contributed by atoms with Crippen LogP contribution in [0.4, 0.5) is 17.6 Å². The molecule has 0 heterocycles. The van der Waals surface area contributed by atoms with Crippen molar-refractivity contribution in [2.24, 2.45) is 0 Å². The number of hydrogen-bond acceptors (Lipinski definition) is 3. The topological polar surface area (TPSA) is 43.4 Å². The van der Waals surface area contributed by atoms with Gasteiger partial charge in [0.05, 0.1) is 17.1 Å². The van der Waals surface area contributed by atoms with Crippen LogP contribution in [0.25, 0.3) is 0 Å². The first-order chi connectivity index (χ1) is 10.2. The van der Waals surface area contributed by atoms with Gasteiger partial charge in [-0.05, 0) is 19.1 Å². The van der Waals surface area contributed by atoms with E-state index in [0.717, 1.165) is 5.56 Å². The summed E-state index contributed by atoms with van der Waals surface area (Å²) in [4.78, 5) is -0.240. The molecule has 0 amide bonds. The van der Waals surface area contributed by atoms with E-state index < -0.39 is 45.6 Å². The third-order valence-corrected chi connectivity index (χ3v) is 4.15. The molecule has 0 aliphatic carbocycles. The average Bonchev–Trinajstić information content (AvgIpc) is 2.45. The molecule has 2 rings (SSSR count). The predicted octanol–water partition coefficient (Wildman–Crippen LogP) is 3.46. The van der Waals surface area contributed by atoms with E-state index in [9.17, 15) is 26.0 Å². The SMILES string of the molecule is Cc1ccc(S(=O)(=O)OCc2c(F)c(F)cc(F)c2F)cc1. The molecule has 3 nitrogen and oxygen atoms in total. The fourth-order valence-corrected chi connectivity index (χ4v) is 2.54. The maximum Gasteiger partial charge on any atom is 0.297 e. The van der Waals surface area contributed by atoms with Gasteiger partial charge in [0.15, 0.2) is 23.3 Å². The van der Waals surface area contributed by atoms with Crippen molar-refractivity contribution in [3.63, 3.8) is 0 Å². The first-order valence-electron chi connectivity index (χ1n) is 6.00. The van der Waals surface area contributed by atoms with E-state index in [1.165, 1.54) is 24.3 Å². The van der Waals surface area contributed by atoms with Gasteiger partial charge in [0, 0.05) is 6.07 Å². The first-order valence-corrected chi connectivity index (χ1v) is 7.41. The van der Waals surface area contributed by atoms with Crippen molar-refractivity contribution in [3.8, 4) is 0 Å². The molecular weight excluding hydrogens is 324 g/mol. The molecule has 2 aromatic carbocycles. The van der Waals surface area contributed by atoms with Crippen LogP contribution in [0, 0.1) is 30.2 Å². The van der Waals surface area contributed by atoms with Gasteiger partial charge >= 0.3 is 0 Å². The molecule has 0 aliphatic heterocycles. The van der Waals surface area contributed by atoms with Crippen molar-refractivity contribution in [2.45, 2.75) is 18.4 Å². The van der Waals surface area contributed by atoms with Crippen LogP contribution in [0.15, 0.2) is 35.2 Å². The van der Waals surface area contributed by atoms with Gasteiger partial charge in [-0.3, -0.25) is 4.18 Å². The number of benzene rings is 2. The summed E-state index contributed by atoms with van der Waals surface area (Å²) < 4.78 is 81.1. The maximum atomic E-state index is 13.4. The van der Waals surface area contributed by atoms with Crippen molar-refractivity contribution < 1.29 is 30.2 Å². The molecule has 0 unspecified atom stereocenters. The molecule has 0 saturated heterocycles. The monoisotopic (exact) mass is 334 g/mol. The highest BCUT2D eigenvalue weighted by Gasteiger charge is 2.22. The van der Waals surface area contributed by atoms with Crippen LogP contribution in [0.5, 0.6) is 0 Å². The van der Waals surface area contributed by atoms with Gasteiger partial charge in [-0.25, -0.2) is 17.6 Å². The minimum Gasteiger partial charge on any atom is -0.261 e. The molecule has 8 heteroatoms. The fourth-order valence-electron chi connectivity index (χ4n) is 1.66. The lowest BCUT2D eigenvalue weighted by Crippen LogP contribution is -2.10. The van der Waals surface area contributed by atoms with Gasteiger partial charge in [0.25, 0.3) is 10.1 Å². The van der Waals surface area contributed by atoms with E-state index in [1.54, 1.807) is 6.92 Å². The Morgan fingerprint density at radius 3 is 1.95 bits per heavy atom. The van der Waals surface area contributed by atoms with E-state index in [4.69, 9.17) is 0 Å². The summed E-state index contributed by atoms with van der Waals surface area (Å²) in [5.74, 6) is -6.66. The molecule has 0 atom stereocenters. The molecule has 0 aliphatic rings. The molecule has 0 aromatic heterocycles. The number of rotatable bonds is 4. The lowest BCUT2D eigenvalue weighted by atomic mass is 10.2. The van der Waals surface area contributed by atoms with E-state index in [0.29, 0.717) is 0 Å². The Balaban J connectivity index is 2.28. The van der Waals surface area contributed by atoms with Crippen LogP contribution in [0.1, 0.15) is 11.1 Å². The molecular formula is C14H10F4O3S. The van der Waals surface area contributed by atoms with E-state index in [-0.39, 0.29) is 11.0 Å². The highest BCUT2D eigenvalue weighted by atomic mass is 32.2. The number of hydrogen-bond donors (Lipinski definition) is 0. The Morgan fingerprint density at radius 2 is 1.45 bits per heavy atom. The van der Waals surface area contributed by atoms with Crippen LogP contribution >= 0.6 is 0 Å². The van der Waals surface area contributed by atoms with Crippen molar-refractivity contribution in [1.82, 2.24) is 0 Å². The Bertz CT molecular complexity index is 776. The third kappa shape index (κ3) is 3.28. The summed E-state index contributed by atoms with van der Waals surface area (Å²) >= 11 is 0. The van der Waals surface area contributed by atoms with Gasteiger partial charge in [0.1, 0.15) is 0 Å². The summed E-state index contributed by atoms with van der Waals surface area (Å²) in [6.07, 6.45) is 0. The second-order valence-electron chi connectivity index (χ2n) is 4.48. The summed E-state index contributed by atoms with van der Waals surface area (Å²) in [7, 11) is -4.31. The van der Waals surface area contributed by atoms with Gasteiger partial charge in [-0.1, -0.05) is 17.7 Å². The zero-order valence-electron chi connectivity index (χ0n) is 11.2. The van der Waals surface area contributed by atoms with Crippen LogP contribution in [-0.4, -0.2) is 8.42 Å². The molecule has 2 aromatic rings. The summed E-state index contributed by atoms with van der Waals surface area (Å²) in [5, 5.41) is 0. The maximum absolute atomic E-state index is 13.4. The summed E-state index contributed by atoms with van der Waals surface area (Å²) in [6, 6.07) is 5.51. The lowest BCUT2D eigenvalue weighted by molar-refractivity contribution is 0.288. The predicted molar refractivity (Wildman–Crippen MR) is 69.4 cm³/mol. The van der Waals surface area contributed by atoms with E-state index >= 15 is 0 Å².